The van der Waals surface area contributed by atoms with Crippen molar-refractivity contribution in [3.8, 4) is 0 Å². The van der Waals surface area contributed by atoms with Crippen LogP contribution in [0.4, 0.5) is 20.6 Å². The van der Waals surface area contributed by atoms with Crippen LogP contribution >= 0.6 is 0 Å². The van der Waals surface area contributed by atoms with Crippen molar-refractivity contribution in [1.29, 1.82) is 0 Å². The number of carbonyl (C=O) groups excluding carboxylic acids is 2. The Labute approximate surface area is 171 Å². The molecule has 3 fully saturated rings. The van der Waals surface area contributed by atoms with Gasteiger partial charge in [0.05, 0.1) is 24.4 Å². The predicted octanol–water partition coefficient (Wildman–Crippen LogP) is 4.52. The molecular formula is C22H30FN3O3. The number of benzene rings is 1. The summed E-state index contributed by atoms with van der Waals surface area (Å²) in [4.78, 5) is 27.2. The molecule has 0 aromatic heterocycles. The van der Waals surface area contributed by atoms with Gasteiger partial charge in [0, 0.05) is 18.2 Å². The monoisotopic (exact) mass is 403 g/mol. The highest BCUT2D eigenvalue weighted by atomic mass is 19.1. The number of fused-ring (bicyclic) bond motifs is 1. The van der Waals surface area contributed by atoms with E-state index in [1.165, 1.54) is 18.2 Å². The molecule has 1 aromatic rings. The number of halogens is 1. The van der Waals surface area contributed by atoms with Crippen LogP contribution in [0.3, 0.4) is 0 Å². The number of nitrogens with one attached hydrogen (secondary N) is 2. The maximum Gasteiger partial charge on any atom is 0.322 e. The Balaban J connectivity index is 1.41. The van der Waals surface area contributed by atoms with E-state index in [4.69, 9.17) is 4.74 Å². The second kappa shape index (κ2) is 9.11. The second-order valence-corrected chi connectivity index (χ2v) is 8.40. The summed E-state index contributed by atoms with van der Waals surface area (Å²) in [5.41, 5.74) is 0.602. The van der Waals surface area contributed by atoms with Gasteiger partial charge in [0.1, 0.15) is 5.82 Å². The van der Waals surface area contributed by atoms with Crippen LogP contribution in [0.25, 0.3) is 0 Å². The number of rotatable bonds is 3. The molecule has 29 heavy (non-hydrogen) atoms. The minimum Gasteiger partial charge on any atom is -0.374 e. The van der Waals surface area contributed by atoms with Crippen LogP contribution in [-0.4, -0.2) is 42.1 Å². The molecule has 1 aromatic carbocycles. The minimum absolute atomic E-state index is 0.0574. The lowest BCUT2D eigenvalue weighted by molar-refractivity contribution is -0.120. The molecule has 0 radical (unpaired) electrons. The fourth-order valence-electron chi connectivity index (χ4n) is 4.84. The largest absolute Gasteiger partial charge is 0.374 e. The van der Waals surface area contributed by atoms with E-state index >= 15 is 0 Å². The van der Waals surface area contributed by atoms with Gasteiger partial charge in [-0.3, -0.25) is 4.79 Å². The average Bonchev–Trinajstić information content (AvgIpc) is 2.76. The molecule has 4 rings (SSSR count). The van der Waals surface area contributed by atoms with Gasteiger partial charge >= 0.3 is 6.03 Å². The maximum atomic E-state index is 14.3. The van der Waals surface area contributed by atoms with Crippen molar-refractivity contribution in [2.75, 3.05) is 23.8 Å². The molecule has 2 N–H and O–H groups in total. The van der Waals surface area contributed by atoms with Crippen LogP contribution in [0.1, 0.15) is 57.8 Å². The summed E-state index contributed by atoms with van der Waals surface area (Å²) in [5.74, 6) is -0.686. The van der Waals surface area contributed by atoms with Gasteiger partial charge in [-0.2, -0.15) is 0 Å². The van der Waals surface area contributed by atoms with Crippen LogP contribution in [0.5, 0.6) is 0 Å². The van der Waals surface area contributed by atoms with E-state index < -0.39 is 5.82 Å². The molecule has 2 atom stereocenters. The number of amides is 3. The lowest BCUT2D eigenvalue weighted by atomic mass is 9.88. The number of nitrogens with zero attached hydrogens (tertiary/aromatic N) is 1. The molecule has 1 aliphatic heterocycles. The van der Waals surface area contributed by atoms with Crippen LogP contribution in [0.2, 0.25) is 0 Å². The molecule has 1 saturated heterocycles. The van der Waals surface area contributed by atoms with Crippen molar-refractivity contribution in [1.82, 2.24) is 4.90 Å². The summed E-state index contributed by atoms with van der Waals surface area (Å²) in [5, 5.41) is 5.60. The minimum atomic E-state index is -0.495. The number of urea groups is 1. The first-order valence-corrected chi connectivity index (χ1v) is 10.9. The second-order valence-electron chi connectivity index (χ2n) is 8.40. The number of anilines is 2. The first-order valence-electron chi connectivity index (χ1n) is 10.9. The quantitative estimate of drug-likeness (QED) is 0.780. The SMILES string of the molecule is O=C(Nc1cc(NC(=O)N2CCO[C@H]3CCCC[C@H]32)ccc1F)C1CCCCC1. The number of morpholine rings is 1. The number of carbonyl (C=O) groups is 2. The molecule has 0 spiro atoms. The van der Waals surface area contributed by atoms with Gasteiger partial charge in [-0.15, -0.1) is 0 Å². The molecule has 0 bridgehead atoms. The van der Waals surface area contributed by atoms with Gasteiger partial charge in [-0.05, 0) is 43.9 Å². The van der Waals surface area contributed by atoms with Crippen molar-refractivity contribution in [2.45, 2.75) is 69.9 Å². The highest BCUT2D eigenvalue weighted by molar-refractivity contribution is 5.95. The van der Waals surface area contributed by atoms with Crippen molar-refractivity contribution < 1.29 is 18.7 Å². The summed E-state index contributed by atoms with van der Waals surface area (Å²) >= 11 is 0. The Bertz CT molecular complexity index is 749. The Kier molecular flexibility index (Phi) is 6.33. The van der Waals surface area contributed by atoms with Crippen LogP contribution in [0.15, 0.2) is 18.2 Å². The average molecular weight is 403 g/mol. The lowest BCUT2D eigenvalue weighted by Crippen LogP contribution is -2.55. The number of hydrogen-bond acceptors (Lipinski definition) is 3. The van der Waals surface area contributed by atoms with Gasteiger partial charge in [0.25, 0.3) is 0 Å². The zero-order valence-electron chi connectivity index (χ0n) is 16.8. The van der Waals surface area contributed by atoms with E-state index in [9.17, 15) is 14.0 Å². The van der Waals surface area contributed by atoms with Crippen molar-refractivity contribution in [3.05, 3.63) is 24.0 Å². The Morgan fingerprint density at radius 3 is 2.59 bits per heavy atom. The lowest BCUT2D eigenvalue weighted by Gasteiger charge is -2.43. The number of ether oxygens (including phenoxy) is 1. The predicted molar refractivity (Wildman–Crippen MR) is 109 cm³/mol. The zero-order valence-corrected chi connectivity index (χ0v) is 16.8. The summed E-state index contributed by atoms with van der Waals surface area (Å²) in [7, 11) is 0. The van der Waals surface area contributed by atoms with Crippen LogP contribution < -0.4 is 10.6 Å². The summed E-state index contributed by atoms with van der Waals surface area (Å²) in [6.45, 7) is 1.10. The van der Waals surface area contributed by atoms with Crippen LogP contribution in [0, 0.1) is 11.7 Å². The van der Waals surface area contributed by atoms with E-state index in [0.717, 1.165) is 57.8 Å². The van der Waals surface area contributed by atoms with Crippen molar-refractivity contribution in [3.63, 3.8) is 0 Å². The highest BCUT2D eigenvalue weighted by Gasteiger charge is 2.36. The highest BCUT2D eigenvalue weighted by Crippen LogP contribution is 2.30. The first kappa shape index (κ1) is 20.1. The smallest absolute Gasteiger partial charge is 0.322 e. The van der Waals surface area contributed by atoms with Crippen LogP contribution in [-0.2, 0) is 9.53 Å². The third kappa shape index (κ3) is 4.71. The maximum absolute atomic E-state index is 14.3. The molecule has 158 valence electrons. The molecule has 3 amide bonds. The van der Waals surface area contributed by atoms with Crippen molar-refractivity contribution >= 4 is 23.3 Å². The molecule has 2 saturated carbocycles. The molecule has 0 unspecified atom stereocenters. The van der Waals surface area contributed by atoms with Gasteiger partial charge in [-0.25, -0.2) is 9.18 Å². The summed E-state index contributed by atoms with van der Waals surface area (Å²) < 4.78 is 20.1. The molecular weight excluding hydrogens is 373 g/mol. The Hall–Kier alpha value is -2.15. The molecule has 3 aliphatic rings. The Morgan fingerprint density at radius 1 is 1.00 bits per heavy atom. The molecule has 2 aliphatic carbocycles. The molecule has 6 nitrogen and oxygen atoms in total. The van der Waals surface area contributed by atoms with Gasteiger partial charge in [-0.1, -0.05) is 32.1 Å². The van der Waals surface area contributed by atoms with Gasteiger partial charge in [0.15, 0.2) is 0 Å². The fourth-order valence-corrected chi connectivity index (χ4v) is 4.84. The third-order valence-electron chi connectivity index (χ3n) is 6.44. The van der Waals surface area contributed by atoms with E-state index in [0.29, 0.717) is 18.8 Å². The van der Waals surface area contributed by atoms with Gasteiger partial charge < -0.3 is 20.3 Å². The molecule has 1 heterocycles. The van der Waals surface area contributed by atoms with E-state index in [-0.39, 0.29) is 35.7 Å². The number of hydrogen-bond donors (Lipinski definition) is 2. The first-order chi connectivity index (χ1) is 14.1. The van der Waals surface area contributed by atoms with E-state index in [1.54, 1.807) is 0 Å². The van der Waals surface area contributed by atoms with Gasteiger partial charge in [0.2, 0.25) is 5.91 Å². The third-order valence-corrected chi connectivity index (χ3v) is 6.44. The Morgan fingerprint density at radius 2 is 1.76 bits per heavy atom. The molecule has 7 heteroatoms. The topological polar surface area (TPSA) is 70.7 Å². The summed E-state index contributed by atoms with van der Waals surface area (Å²) in [6.07, 6.45) is 9.22. The summed E-state index contributed by atoms with van der Waals surface area (Å²) in [6, 6.07) is 4.23. The standard InChI is InChI=1S/C22H30FN3O3/c23-17-11-10-16(14-18(17)25-21(27)15-6-2-1-3-7-15)24-22(28)26-12-13-29-20-9-5-4-8-19(20)26/h10-11,14-15,19-20H,1-9,12-13H2,(H,24,28)(H,25,27)/t19-,20+/m1/s1. The van der Waals surface area contributed by atoms with Crippen molar-refractivity contribution in [2.24, 2.45) is 5.92 Å². The van der Waals surface area contributed by atoms with E-state index in [1.807, 2.05) is 4.90 Å². The van der Waals surface area contributed by atoms with E-state index in [2.05, 4.69) is 10.6 Å². The zero-order chi connectivity index (χ0) is 20.2. The fraction of sp³-hybridized carbons (Fsp3) is 0.636. The normalized spacial score (nSPS) is 25.2.